The summed E-state index contributed by atoms with van der Waals surface area (Å²) < 4.78 is 6.10. The number of thiophene rings is 1. The molecule has 0 N–H and O–H groups in total. The van der Waals surface area contributed by atoms with Crippen LogP contribution in [0.5, 0.6) is 0 Å². The molecule has 0 bridgehead atoms. The number of nitrogens with zero attached hydrogens (tertiary/aromatic N) is 3. The maximum absolute atomic E-state index is 6.10. The van der Waals surface area contributed by atoms with Crippen molar-refractivity contribution in [2.75, 3.05) is 39.8 Å². The zero-order valence-electron chi connectivity index (χ0n) is 14.9. The Labute approximate surface area is 154 Å². The first-order valence-electron chi connectivity index (χ1n) is 9.12. The van der Waals surface area contributed by atoms with Gasteiger partial charge in [-0.25, -0.2) is 0 Å². The van der Waals surface area contributed by atoms with Gasteiger partial charge in [0.2, 0.25) is 0 Å². The van der Waals surface area contributed by atoms with Gasteiger partial charge in [0.25, 0.3) is 0 Å². The maximum atomic E-state index is 6.10. The molecular formula is C20H27N3OS. The van der Waals surface area contributed by atoms with Crippen LogP contribution in [0.2, 0.25) is 0 Å². The van der Waals surface area contributed by atoms with E-state index in [0.29, 0.717) is 17.9 Å². The highest BCUT2D eigenvalue weighted by atomic mass is 32.1. The molecule has 5 heteroatoms. The highest BCUT2D eigenvalue weighted by Crippen LogP contribution is 2.44. The predicted octanol–water partition coefficient (Wildman–Crippen LogP) is 3.11. The van der Waals surface area contributed by atoms with E-state index in [2.05, 4.69) is 44.7 Å². The second kappa shape index (κ2) is 7.54. The van der Waals surface area contributed by atoms with E-state index in [9.17, 15) is 0 Å². The van der Waals surface area contributed by atoms with Crippen molar-refractivity contribution in [3.8, 4) is 0 Å². The molecule has 0 unspecified atom stereocenters. The minimum atomic E-state index is 0.402. The summed E-state index contributed by atoms with van der Waals surface area (Å²) in [4.78, 5) is 9.30. The lowest BCUT2D eigenvalue weighted by Gasteiger charge is -2.30. The number of ether oxygens (including phenoxy) is 1. The lowest BCUT2D eigenvalue weighted by Crippen LogP contribution is -2.36. The molecular weight excluding hydrogens is 330 g/mol. The highest BCUT2D eigenvalue weighted by Gasteiger charge is 2.49. The van der Waals surface area contributed by atoms with Crippen LogP contribution in [-0.2, 0) is 17.9 Å². The molecule has 2 fully saturated rings. The van der Waals surface area contributed by atoms with Crippen molar-refractivity contribution in [2.24, 2.45) is 11.3 Å². The Morgan fingerprint density at radius 1 is 1.32 bits per heavy atom. The molecule has 0 aliphatic carbocycles. The van der Waals surface area contributed by atoms with E-state index in [-0.39, 0.29) is 0 Å². The van der Waals surface area contributed by atoms with Crippen molar-refractivity contribution in [1.29, 1.82) is 0 Å². The van der Waals surface area contributed by atoms with Gasteiger partial charge in [0.15, 0.2) is 0 Å². The standard InChI is InChI=1S/C20H27N3OS/c1-22-11-19(13-24-12-17-3-2-6-21-9-17)20(15-22)5-7-23(16-20)10-18-4-8-25-14-18/h2-4,6,8-9,14,19H,5,7,10-13,15-16H2,1H3/t19-,20-/m1/s1. The summed E-state index contributed by atoms with van der Waals surface area (Å²) in [5.41, 5.74) is 3.02. The Morgan fingerprint density at radius 2 is 2.28 bits per heavy atom. The first-order valence-corrected chi connectivity index (χ1v) is 10.1. The van der Waals surface area contributed by atoms with Gasteiger partial charge in [0, 0.05) is 49.9 Å². The van der Waals surface area contributed by atoms with Crippen molar-refractivity contribution < 1.29 is 4.74 Å². The molecule has 4 nitrogen and oxygen atoms in total. The third-order valence-electron chi connectivity index (χ3n) is 5.74. The predicted molar refractivity (Wildman–Crippen MR) is 102 cm³/mol. The molecule has 0 aromatic carbocycles. The topological polar surface area (TPSA) is 28.6 Å². The fourth-order valence-electron chi connectivity index (χ4n) is 4.56. The van der Waals surface area contributed by atoms with Crippen LogP contribution in [0, 0.1) is 11.3 Å². The van der Waals surface area contributed by atoms with E-state index in [1.54, 1.807) is 11.3 Å². The average Bonchev–Trinajstić information content (AvgIpc) is 3.32. The second-order valence-corrected chi connectivity index (χ2v) is 8.50. The van der Waals surface area contributed by atoms with Crippen molar-refractivity contribution >= 4 is 11.3 Å². The maximum Gasteiger partial charge on any atom is 0.0731 e. The van der Waals surface area contributed by atoms with Crippen LogP contribution >= 0.6 is 11.3 Å². The smallest absolute Gasteiger partial charge is 0.0731 e. The van der Waals surface area contributed by atoms with Gasteiger partial charge in [-0.15, -0.1) is 0 Å². The Kier molecular flexibility index (Phi) is 5.17. The summed E-state index contributed by atoms with van der Waals surface area (Å²) >= 11 is 1.80. The Balaban J connectivity index is 1.34. The Morgan fingerprint density at radius 3 is 3.08 bits per heavy atom. The van der Waals surface area contributed by atoms with Gasteiger partial charge in [-0.05, 0) is 54.0 Å². The van der Waals surface area contributed by atoms with Crippen LogP contribution < -0.4 is 0 Å². The number of hydrogen-bond donors (Lipinski definition) is 0. The van der Waals surface area contributed by atoms with Crippen molar-refractivity contribution in [1.82, 2.24) is 14.8 Å². The lowest BCUT2D eigenvalue weighted by atomic mass is 9.77. The highest BCUT2D eigenvalue weighted by molar-refractivity contribution is 7.07. The molecule has 0 amide bonds. The number of hydrogen-bond acceptors (Lipinski definition) is 5. The van der Waals surface area contributed by atoms with Gasteiger partial charge in [-0.3, -0.25) is 9.88 Å². The van der Waals surface area contributed by atoms with Gasteiger partial charge in [-0.1, -0.05) is 6.07 Å². The summed E-state index contributed by atoms with van der Waals surface area (Å²) in [6, 6.07) is 6.31. The molecule has 4 rings (SSSR count). The SMILES string of the molecule is CN1C[C@H](COCc2cccnc2)[C@]2(CCN(Cc3ccsc3)C2)C1. The van der Waals surface area contributed by atoms with E-state index in [0.717, 1.165) is 25.3 Å². The molecule has 2 aliphatic heterocycles. The van der Waals surface area contributed by atoms with Gasteiger partial charge in [0.05, 0.1) is 13.2 Å². The van der Waals surface area contributed by atoms with E-state index in [1.807, 2.05) is 18.5 Å². The molecule has 1 spiro atoms. The zero-order chi connectivity index (χ0) is 17.1. The van der Waals surface area contributed by atoms with E-state index in [4.69, 9.17) is 4.74 Å². The molecule has 4 heterocycles. The molecule has 2 atom stereocenters. The third kappa shape index (κ3) is 3.95. The quantitative estimate of drug-likeness (QED) is 0.794. The van der Waals surface area contributed by atoms with Crippen molar-refractivity contribution in [3.05, 3.63) is 52.5 Å². The second-order valence-electron chi connectivity index (χ2n) is 7.72. The molecule has 2 aromatic rings. The van der Waals surface area contributed by atoms with Crippen LogP contribution in [0.3, 0.4) is 0 Å². The number of aromatic nitrogens is 1. The van der Waals surface area contributed by atoms with Crippen LogP contribution in [0.4, 0.5) is 0 Å². The normalized spacial score (nSPS) is 27.5. The summed E-state index contributed by atoms with van der Waals surface area (Å²) in [6.07, 6.45) is 5.00. The minimum absolute atomic E-state index is 0.402. The molecule has 2 aromatic heterocycles. The number of rotatable bonds is 6. The van der Waals surface area contributed by atoms with Crippen molar-refractivity contribution in [3.63, 3.8) is 0 Å². The molecule has 0 saturated carbocycles. The number of likely N-dealkylation sites (tertiary alicyclic amines) is 2. The van der Waals surface area contributed by atoms with Crippen LogP contribution in [-0.4, -0.2) is 54.6 Å². The first-order chi connectivity index (χ1) is 12.2. The lowest BCUT2D eigenvalue weighted by molar-refractivity contribution is 0.0515. The molecule has 2 aliphatic rings. The van der Waals surface area contributed by atoms with Crippen LogP contribution in [0.25, 0.3) is 0 Å². The largest absolute Gasteiger partial charge is 0.376 e. The van der Waals surface area contributed by atoms with E-state index in [1.165, 1.54) is 31.6 Å². The zero-order valence-corrected chi connectivity index (χ0v) is 15.8. The Hall–Kier alpha value is -1.27. The molecule has 25 heavy (non-hydrogen) atoms. The summed E-state index contributed by atoms with van der Waals surface area (Å²) in [7, 11) is 2.25. The van der Waals surface area contributed by atoms with Gasteiger partial charge in [0.1, 0.15) is 0 Å². The monoisotopic (exact) mass is 357 g/mol. The molecule has 134 valence electrons. The third-order valence-corrected chi connectivity index (χ3v) is 6.48. The van der Waals surface area contributed by atoms with Gasteiger partial charge >= 0.3 is 0 Å². The molecule has 0 radical (unpaired) electrons. The van der Waals surface area contributed by atoms with Crippen molar-refractivity contribution in [2.45, 2.75) is 19.6 Å². The minimum Gasteiger partial charge on any atom is -0.376 e. The summed E-state index contributed by atoms with van der Waals surface area (Å²) in [6.45, 7) is 7.39. The average molecular weight is 358 g/mol. The van der Waals surface area contributed by atoms with E-state index < -0.39 is 0 Å². The fraction of sp³-hybridized carbons (Fsp3) is 0.550. The number of pyridine rings is 1. The van der Waals surface area contributed by atoms with E-state index >= 15 is 0 Å². The van der Waals surface area contributed by atoms with Crippen LogP contribution in [0.15, 0.2) is 41.4 Å². The Bertz CT molecular complexity index is 663. The van der Waals surface area contributed by atoms with Gasteiger partial charge < -0.3 is 9.64 Å². The summed E-state index contributed by atoms with van der Waals surface area (Å²) in [5.74, 6) is 0.627. The first kappa shape index (κ1) is 17.2. The fourth-order valence-corrected chi connectivity index (χ4v) is 5.22. The van der Waals surface area contributed by atoms with Crippen LogP contribution in [0.1, 0.15) is 17.5 Å². The summed E-state index contributed by atoms with van der Waals surface area (Å²) in [5, 5.41) is 4.46. The van der Waals surface area contributed by atoms with Gasteiger partial charge in [-0.2, -0.15) is 11.3 Å². The molecule has 2 saturated heterocycles.